The quantitative estimate of drug-likeness (QED) is 0.553. The van der Waals surface area contributed by atoms with Crippen molar-refractivity contribution in [3.05, 3.63) is 66.6 Å². The van der Waals surface area contributed by atoms with Gasteiger partial charge in [0.2, 0.25) is 0 Å². The molecular formula is C19H15FN2O. The van der Waals surface area contributed by atoms with Crippen molar-refractivity contribution in [3.63, 3.8) is 0 Å². The lowest BCUT2D eigenvalue weighted by Crippen LogP contribution is -1.96. The van der Waals surface area contributed by atoms with Gasteiger partial charge in [-0.1, -0.05) is 24.3 Å². The van der Waals surface area contributed by atoms with E-state index < -0.39 is 5.82 Å². The number of aromatic nitrogens is 1. The van der Waals surface area contributed by atoms with Gasteiger partial charge in [0.25, 0.3) is 0 Å². The average molecular weight is 306 g/mol. The number of fused-ring (bicyclic) bond motifs is 3. The number of methoxy groups -OCH3 is 1. The van der Waals surface area contributed by atoms with Gasteiger partial charge in [-0.2, -0.15) is 0 Å². The fourth-order valence-corrected chi connectivity index (χ4v) is 3.01. The van der Waals surface area contributed by atoms with Gasteiger partial charge < -0.3 is 15.0 Å². The minimum absolute atomic E-state index is 0.147. The second kappa shape index (κ2) is 5.02. The highest BCUT2D eigenvalue weighted by atomic mass is 19.1. The highest BCUT2D eigenvalue weighted by Gasteiger charge is 2.12. The molecule has 0 fully saturated rings. The first-order valence-corrected chi connectivity index (χ1v) is 7.31. The van der Waals surface area contributed by atoms with E-state index in [4.69, 9.17) is 10.5 Å². The lowest BCUT2D eigenvalue weighted by molar-refractivity contribution is 0.420. The molecule has 0 spiro atoms. The fourth-order valence-electron chi connectivity index (χ4n) is 3.01. The lowest BCUT2D eigenvalue weighted by Gasteiger charge is -2.10. The third-order valence-electron chi connectivity index (χ3n) is 4.16. The largest absolute Gasteiger partial charge is 0.496 e. The third-order valence-corrected chi connectivity index (χ3v) is 4.16. The minimum Gasteiger partial charge on any atom is -0.496 e. The van der Waals surface area contributed by atoms with E-state index in [0.717, 1.165) is 33.1 Å². The molecule has 0 saturated carbocycles. The van der Waals surface area contributed by atoms with Crippen LogP contribution in [-0.2, 0) is 0 Å². The van der Waals surface area contributed by atoms with Gasteiger partial charge in [0, 0.05) is 28.7 Å². The van der Waals surface area contributed by atoms with Gasteiger partial charge in [-0.05, 0) is 29.7 Å². The second-order valence-corrected chi connectivity index (χ2v) is 5.45. The highest BCUT2D eigenvalue weighted by molar-refractivity contribution is 6.10. The summed E-state index contributed by atoms with van der Waals surface area (Å²) in [5.41, 5.74) is 7.41. The van der Waals surface area contributed by atoms with Gasteiger partial charge >= 0.3 is 0 Å². The molecule has 1 heterocycles. The van der Waals surface area contributed by atoms with Gasteiger partial charge in [0.05, 0.1) is 18.3 Å². The van der Waals surface area contributed by atoms with Crippen LogP contribution in [0.5, 0.6) is 5.75 Å². The Morgan fingerprint density at radius 1 is 0.957 bits per heavy atom. The molecule has 1 aromatic heterocycles. The fraction of sp³-hybridized carbons (Fsp3) is 0.0526. The van der Waals surface area contributed by atoms with Crippen molar-refractivity contribution in [2.24, 2.45) is 0 Å². The van der Waals surface area contributed by atoms with Crippen LogP contribution in [0.25, 0.3) is 27.4 Å². The molecule has 4 aromatic rings. The SMILES string of the molecule is COc1cc2c(ccn2-c2ccc(N)c(F)c2)c2ccccc12. The molecule has 2 N–H and O–H groups in total. The number of hydrogen-bond donors (Lipinski definition) is 1. The summed E-state index contributed by atoms with van der Waals surface area (Å²) in [4.78, 5) is 0. The Kier molecular flexibility index (Phi) is 2.98. The first kappa shape index (κ1) is 13.6. The van der Waals surface area contributed by atoms with E-state index in [1.165, 1.54) is 6.07 Å². The van der Waals surface area contributed by atoms with Crippen LogP contribution >= 0.6 is 0 Å². The van der Waals surface area contributed by atoms with Crippen LogP contribution in [0.1, 0.15) is 0 Å². The molecular weight excluding hydrogens is 291 g/mol. The Balaban J connectivity index is 2.06. The Labute approximate surface area is 132 Å². The molecule has 0 aliphatic carbocycles. The van der Waals surface area contributed by atoms with E-state index in [1.807, 2.05) is 41.1 Å². The predicted molar refractivity (Wildman–Crippen MR) is 91.7 cm³/mol. The first-order chi connectivity index (χ1) is 11.2. The van der Waals surface area contributed by atoms with Crippen LogP contribution in [0, 0.1) is 5.82 Å². The molecule has 0 amide bonds. The summed E-state index contributed by atoms with van der Waals surface area (Å²) >= 11 is 0. The molecule has 0 radical (unpaired) electrons. The van der Waals surface area contributed by atoms with E-state index in [1.54, 1.807) is 19.2 Å². The van der Waals surface area contributed by atoms with Crippen molar-refractivity contribution < 1.29 is 9.13 Å². The first-order valence-electron chi connectivity index (χ1n) is 7.31. The molecule has 0 aliphatic heterocycles. The molecule has 4 rings (SSSR count). The summed E-state index contributed by atoms with van der Waals surface area (Å²) < 4.78 is 21.3. The van der Waals surface area contributed by atoms with E-state index >= 15 is 0 Å². The van der Waals surface area contributed by atoms with E-state index in [2.05, 4.69) is 6.07 Å². The highest BCUT2D eigenvalue weighted by Crippen LogP contribution is 2.35. The smallest absolute Gasteiger partial charge is 0.148 e. The summed E-state index contributed by atoms with van der Waals surface area (Å²) in [7, 11) is 1.66. The van der Waals surface area contributed by atoms with Crippen molar-refractivity contribution in [2.75, 3.05) is 12.8 Å². The van der Waals surface area contributed by atoms with Crippen LogP contribution in [0.3, 0.4) is 0 Å². The van der Waals surface area contributed by atoms with Gasteiger partial charge in [0.15, 0.2) is 0 Å². The molecule has 3 nitrogen and oxygen atoms in total. The Bertz CT molecular complexity index is 1040. The number of benzene rings is 3. The van der Waals surface area contributed by atoms with Crippen LogP contribution in [0.2, 0.25) is 0 Å². The zero-order valence-electron chi connectivity index (χ0n) is 12.6. The van der Waals surface area contributed by atoms with Crippen LogP contribution in [-0.4, -0.2) is 11.7 Å². The monoisotopic (exact) mass is 306 g/mol. The van der Waals surface area contributed by atoms with E-state index in [9.17, 15) is 4.39 Å². The maximum atomic E-state index is 13.8. The normalized spacial score (nSPS) is 11.2. The summed E-state index contributed by atoms with van der Waals surface area (Å²) in [5, 5.41) is 3.26. The molecule has 0 aliphatic rings. The maximum absolute atomic E-state index is 13.8. The minimum atomic E-state index is -0.419. The molecule has 0 atom stereocenters. The number of ether oxygens (including phenoxy) is 1. The van der Waals surface area contributed by atoms with E-state index in [0.29, 0.717) is 0 Å². The molecule has 0 unspecified atom stereocenters. The number of nitrogens with two attached hydrogens (primary N) is 1. The number of anilines is 1. The number of nitrogens with zero attached hydrogens (tertiary/aromatic N) is 1. The molecule has 0 bridgehead atoms. The lowest BCUT2D eigenvalue weighted by atomic mass is 10.1. The molecule has 114 valence electrons. The van der Waals surface area contributed by atoms with Gasteiger partial charge in [-0.15, -0.1) is 0 Å². The van der Waals surface area contributed by atoms with Gasteiger partial charge in [-0.25, -0.2) is 4.39 Å². The number of hydrogen-bond acceptors (Lipinski definition) is 2. The Morgan fingerprint density at radius 2 is 1.74 bits per heavy atom. The molecule has 0 saturated heterocycles. The predicted octanol–water partition coefficient (Wildman–Crippen LogP) is 4.51. The topological polar surface area (TPSA) is 40.2 Å². The summed E-state index contributed by atoms with van der Waals surface area (Å²) in [6.07, 6.45) is 1.93. The van der Waals surface area contributed by atoms with Gasteiger partial charge in [0.1, 0.15) is 11.6 Å². The number of rotatable bonds is 2. The van der Waals surface area contributed by atoms with Crippen molar-refractivity contribution in [1.82, 2.24) is 4.57 Å². The summed E-state index contributed by atoms with van der Waals surface area (Å²) in [6, 6.07) is 16.9. The Hall–Kier alpha value is -3.01. The van der Waals surface area contributed by atoms with Crippen LogP contribution < -0.4 is 10.5 Å². The van der Waals surface area contributed by atoms with Gasteiger partial charge in [-0.3, -0.25) is 0 Å². The number of nitrogen functional groups attached to an aromatic ring is 1. The molecule has 3 aromatic carbocycles. The van der Waals surface area contributed by atoms with Crippen molar-refractivity contribution in [3.8, 4) is 11.4 Å². The zero-order chi connectivity index (χ0) is 16.0. The standard InChI is InChI=1S/C19H15FN2O/c1-23-19-11-18-14(13-4-2-3-5-15(13)19)8-9-22(18)12-6-7-17(21)16(20)10-12/h2-11H,21H2,1H3. The molecule has 23 heavy (non-hydrogen) atoms. The van der Waals surface area contributed by atoms with Crippen LogP contribution in [0.4, 0.5) is 10.1 Å². The summed E-state index contributed by atoms with van der Waals surface area (Å²) in [6.45, 7) is 0. The van der Waals surface area contributed by atoms with Crippen LogP contribution in [0.15, 0.2) is 60.8 Å². The summed E-state index contributed by atoms with van der Waals surface area (Å²) in [5.74, 6) is 0.376. The van der Waals surface area contributed by atoms with Crippen molar-refractivity contribution >= 4 is 27.4 Å². The third kappa shape index (κ3) is 2.03. The number of halogens is 1. The second-order valence-electron chi connectivity index (χ2n) is 5.45. The Morgan fingerprint density at radius 3 is 2.48 bits per heavy atom. The van der Waals surface area contributed by atoms with E-state index in [-0.39, 0.29) is 5.69 Å². The van der Waals surface area contributed by atoms with Crippen molar-refractivity contribution in [1.29, 1.82) is 0 Å². The average Bonchev–Trinajstić information content (AvgIpc) is 3.00. The maximum Gasteiger partial charge on any atom is 0.148 e. The molecule has 4 heteroatoms. The zero-order valence-corrected chi connectivity index (χ0v) is 12.6. The van der Waals surface area contributed by atoms with Crippen molar-refractivity contribution in [2.45, 2.75) is 0 Å².